The highest BCUT2D eigenvalue weighted by Gasteiger charge is 2.49. The summed E-state index contributed by atoms with van der Waals surface area (Å²) in [5, 5.41) is 0. The van der Waals surface area contributed by atoms with E-state index < -0.39 is 0 Å². The van der Waals surface area contributed by atoms with Gasteiger partial charge in [0.25, 0.3) is 0 Å². The van der Waals surface area contributed by atoms with Gasteiger partial charge in [0.2, 0.25) is 0 Å². The van der Waals surface area contributed by atoms with Gasteiger partial charge < -0.3 is 9.47 Å². The molecular formula is C37H34O2. The van der Waals surface area contributed by atoms with Gasteiger partial charge in [0.05, 0.1) is 11.2 Å². The summed E-state index contributed by atoms with van der Waals surface area (Å²) in [5.74, 6) is 0. The lowest BCUT2D eigenvalue weighted by Crippen LogP contribution is -2.41. The van der Waals surface area contributed by atoms with Crippen molar-refractivity contribution in [3.63, 3.8) is 0 Å². The molecule has 0 spiro atoms. The van der Waals surface area contributed by atoms with Crippen molar-refractivity contribution in [2.45, 2.75) is 45.2 Å². The standard InChI is InChI=1S/C37H34O2/c1-36(2)37(3,4)39-35(38-36)31-20-12-18-29(22-31)28-17-11-19-30(21-28)34-24-32(26-13-7-5-8-14-26)23-33(25-34)27-15-9-6-10-16-27/h5-25,35H,1-4H3. The number of hydrogen-bond acceptors (Lipinski definition) is 2. The smallest absolute Gasteiger partial charge is 0.185 e. The van der Waals surface area contributed by atoms with Crippen LogP contribution in [0.25, 0.3) is 44.5 Å². The normalized spacial score (nSPS) is 16.3. The lowest BCUT2D eigenvalue weighted by Gasteiger charge is -2.30. The third-order valence-corrected chi connectivity index (χ3v) is 8.09. The van der Waals surface area contributed by atoms with Crippen molar-refractivity contribution in [1.82, 2.24) is 0 Å². The van der Waals surface area contributed by atoms with Gasteiger partial charge in [0.1, 0.15) is 0 Å². The average molecular weight is 511 g/mol. The summed E-state index contributed by atoms with van der Waals surface area (Å²) in [6.07, 6.45) is -0.380. The van der Waals surface area contributed by atoms with Crippen LogP contribution >= 0.6 is 0 Å². The molecule has 0 bridgehead atoms. The molecule has 2 heteroatoms. The number of ether oxygens (including phenoxy) is 2. The number of hydrogen-bond donors (Lipinski definition) is 0. The Morgan fingerprint density at radius 1 is 0.385 bits per heavy atom. The van der Waals surface area contributed by atoms with Gasteiger partial charge in [-0.3, -0.25) is 0 Å². The van der Waals surface area contributed by atoms with Crippen LogP contribution in [0.2, 0.25) is 0 Å². The molecule has 0 atom stereocenters. The molecule has 194 valence electrons. The lowest BCUT2D eigenvalue weighted by atomic mass is 9.90. The van der Waals surface area contributed by atoms with E-state index in [2.05, 4.69) is 155 Å². The topological polar surface area (TPSA) is 18.5 Å². The van der Waals surface area contributed by atoms with Crippen molar-refractivity contribution in [2.24, 2.45) is 0 Å². The third kappa shape index (κ3) is 5.06. The molecule has 1 aliphatic heterocycles. The first-order chi connectivity index (χ1) is 18.8. The van der Waals surface area contributed by atoms with E-state index >= 15 is 0 Å². The number of benzene rings is 5. The van der Waals surface area contributed by atoms with Crippen LogP contribution in [0.3, 0.4) is 0 Å². The van der Waals surface area contributed by atoms with Crippen LogP contribution in [0.15, 0.2) is 127 Å². The summed E-state index contributed by atoms with van der Waals surface area (Å²) < 4.78 is 12.6. The molecule has 1 aliphatic rings. The van der Waals surface area contributed by atoms with Gasteiger partial charge in [-0.15, -0.1) is 0 Å². The quantitative estimate of drug-likeness (QED) is 0.234. The Balaban J connectivity index is 1.39. The molecule has 0 radical (unpaired) electrons. The monoisotopic (exact) mass is 510 g/mol. The molecule has 5 aromatic carbocycles. The highest BCUT2D eigenvalue weighted by Crippen LogP contribution is 2.45. The van der Waals surface area contributed by atoms with E-state index in [4.69, 9.17) is 9.47 Å². The van der Waals surface area contributed by atoms with Crippen LogP contribution in [0.1, 0.15) is 39.5 Å². The Kier molecular flexibility index (Phi) is 6.46. The Bertz CT molecular complexity index is 1530. The Morgan fingerprint density at radius 2 is 0.744 bits per heavy atom. The molecule has 0 aliphatic carbocycles. The summed E-state index contributed by atoms with van der Waals surface area (Å²) >= 11 is 0. The second kappa shape index (κ2) is 9.96. The van der Waals surface area contributed by atoms with Crippen LogP contribution in [0, 0.1) is 0 Å². The fraction of sp³-hybridized carbons (Fsp3) is 0.189. The molecule has 6 rings (SSSR count). The van der Waals surface area contributed by atoms with Crippen LogP contribution in [0.4, 0.5) is 0 Å². The molecule has 5 aromatic rings. The van der Waals surface area contributed by atoms with Gasteiger partial charge in [-0.2, -0.15) is 0 Å². The second-order valence-electron chi connectivity index (χ2n) is 11.3. The maximum absolute atomic E-state index is 6.32. The second-order valence-corrected chi connectivity index (χ2v) is 11.3. The van der Waals surface area contributed by atoms with Crippen LogP contribution in [0.5, 0.6) is 0 Å². The maximum Gasteiger partial charge on any atom is 0.185 e. The molecule has 2 nitrogen and oxygen atoms in total. The highest BCUT2D eigenvalue weighted by atomic mass is 16.7. The van der Waals surface area contributed by atoms with Gasteiger partial charge in [0.15, 0.2) is 6.29 Å². The van der Waals surface area contributed by atoms with Gasteiger partial charge in [-0.05, 0) is 103 Å². The molecule has 39 heavy (non-hydrogen) atoms. The average Bonchev–Trinajstić information content (AvgIpc) is 3.20. The van der Waals surface area contributed by atoms with E-state index in [-0.39, 0.29) is 17.5 Å². The first-order valence-corrected chi connectivity index (χ1v) is 13.6. The fourth-order valence-corrected chi connectivity index (χ4v) is 5.11. The van der Waals surface area contributed by atoms with E-state index in [0.717, 1.165) is 16.7 Å². The van der Waals surface area contributed by atoms with Crippen molar-refractivity contribution < 1.29 is 9.47 Å². The van der Waals surface area contributed by atoms with Crippen LogP contribution in [-0.2, 0) is 9.47 Å². The Labute approximate surface area is 231 Å². The van der Waals surface area contributed by atoms with E-state index in [1.807, 2.05) is 0 Å². The minimum atomic E-state index is -0.380. The predicted molar refractivity (Wildman–Crippen MR) is 161 cm³/mol. The van der Waals surface area contributed by atoms with Gasteiger partial charge in [0, 0.05) is 5.56 Å². The van der Waals surface area contributed by atoms with Gasteiger partial charge >= 0.3 is 0 Å². The summed E-state index contributed by atoms with van der Waals surface area (Å²) in [4.78, 5) is 0. The largest absolute Gasteiger partial charge is 0.339 e. The third-order valence-electron chi connectivity index (χ3n) is 8.09. The molecule has 0 N–H and O–H groups in total. The molecule has 1 heterocycles. The zero-order chi connectivity index (χ0) is 27.0. The van der Waals surface area contributed by atoms with Crippen molar-refractivity contribution in [3.8, 4) is 44.5 Å². The Morgan fingerprint density at radius 3 is 1.26 bits per heavy atom. The van der Waals surface area contributed by atoms with E-state index in [9.17, 15) is 0 Å². The number of rotatable bonds is 5. The van der Waals surface area contributed by atoms with Gasteiger partial charge in [-0.1, -0.05) is 97.1 Å². The van der Waals surface area contributed by atoms with E-state index in [0.29, 0.717) is 0 Å². The molecular weight excluding hydrogens is 476 g/mol. The highest BCUT2D eigenvalue weighted by molar-refractivity contribution is 5.82. The zero-order valence-corrected chi connectivity index (χ0v) is 23.0. The fourth-order valence-electron chi connectivity index (χ4n) is 5.11. The predicted octanol–water partition coefficient (Wildman–Crippen LogP) is 9.96. The first-order valence-electron chi connectivity index (χ1n) is 13.6. The molecule has 1 fully saturated rings. The Hall–Kier alpha value is -3.98. The summed E-state index contributed by atoms with van der Waals surface area (Å²) in [6.45, 7) is 8.36. The summed E-state index contributed by atoms with van der Waals surface area (Å²) in [7, 11) is 0. The van der Waals surface area contributed by atoms with Crippen molar-refractivity contribution in [1.29, 1.82) is 0 Å². The minimum absolute atomic E-state index is 0.367. The van der Waals surface area contributed by atoms with Crippen LogP contribution in [-0.4, -0.2) is 11.2 Å². The minimum Gasteiger partial charge on any atom is -0.339 e. The summed E-state index contributed by atoms with van der Waals surface area (Å²) in [6, 6.07) is 45.4. The van der Waals surface area contributed by atoms with Crippen molar-refractivity contribution in [2.75, 3.05) is 0 Å². The van der Waals surface area contributed by atoms with E-state index in [1.165, 1.54) is 33.4 Å². The molecule has 0 aromatic heterocycles. The van der Waals surface area contributed by atoms with E-state index in [1.54, 1.807) is 0 Å². The van der Waals surface area contributed by atoms with Crippen molar-refractivity contribution in [3.05, 3.63) is 133 Å². The lowest BCUT2D eigenvalue weighted by molar-refractivity contribution is -0.0895. The zero-order valence-electron chi connectivity index (χ0n) is 23.0. The molecule has 0 saturated carbocycles. The summed E-state index contributed by atoms with van der Waals surface area (Å²) in [5.41, 5.74) is 9.83. The molecule has 0 unspecified atom stereocenters. The molecule has 1 saturated heterocycles. The van der Waals surface area contributed by atoms with Crippen LogP contribution < -0.4 is 0 Å². The molecule has 0 amide bonds. The maximum atomic E-state index is 6.32. The first kappa shape index (κ1) is 25.3. The SMILES string of the molecule is CC1(C)OC(c2cccc(-c3cccc(-c4cc(-c5ccccc5)cc(-c5ccccc5)c4)c3)c2)OC1(C)C. The van der Waals surface area contributed by atoms with Crippen molar-refractivity contribution >= 4 is 0 Å². The van der Waals surface area contributed by atoms with Gasteiger partial charge in [-0.25, -0.2) is 0 Å².